The van der Waals surface area contributed by atoms with Gasteiger partial charge in [0.05, 0.1) is 0 Å². The zero-order chi connectivity index (χ0) is 16.4. The van der Waals surface area contributed by atoms with E-state index in [1.54, 1.807) is 48.5 Å². The van der Waals surface area contributed by atoms with E-state index in [1.165, 1.54) is 12.1 Å². The van der Waals surface area contributed by atoms with Gasteiger partial charge in [-0.3, -0.25) is 4.79 Å². The van der Waals surface area contributed by atoms with E-state index >= 15 is 0 Å². The van der Waals surface area contributed by atoms with Crippen LogP contribution in [0.1, 0.15) is 15.9 Å². The molecule has 0 unspecified atom stereocenters. The maximum Gasteiger partial charge on any atom is 0.262 e. The second-order valence-corrected chi connectivity index (χ2v) is 5.89. The first-order chi connectivity index (χ1) is 10.9. The first-order valence-corrected chi connectivity index (χ1v) is 8.04. The minimum Gasteiger partial charge on any atom is -0.716 e. The number of benzene rings is 3. The number of hydrogen-bond acceptors (Lipinski definition) is 5. The SMILES string of the molecule is O=C(c1ccccc1)c1ccc2cc(OS(=O)(=O)[O-])ccc2c1. The first kappa shape index (κ1) is 15.2. The molecule has 0 radical (unpaired) electrons. The van der Waals surface area contributed by atoms with Crippen molar-refractivity contribution in [3.63, 3.8) is 0 Å². The predicted molar refractivity (Wildman–Crippen MR) is 84.1 cm³/mol. The molecule has 0 aliphatic rings. The highest BCUT2D eigenvalue weighted by molar-refractivity contribution is 7.81. The van der Waals surface area contributed by atoms with Crippen molar-refractivity contribution in [2.75, 3.05) is 0 Å². The van der Waals surface area contributed by atoms with Crippen LogP contribution >= 0.6 is 0 Å². The van der Waals surface area contributed by atoms with Crippen LogP contribution in [-0.2, 0) is 10.4 Å². The number of hydrogen-bond donors (Lipinski definition) is 0. The molecule has 3 aromatic rings. The van der Waals surface area contributed by atoms with Crippen molar-refractivity contribution >= 4 is 27.0 Å². The normalized spacial score (nSPS) is 11.3. The maximum atomic E-state index is 12.4. The van der Waals surface area contributed by atoms with E-state index in [2.05, 4.69) is 4.18 Å². The summed E-state index contributed by atoms with van der Waals surface area (Å²) in [5.41, 5.74) is 1.11. The Morgan fingerprint density at radius 2 is 1.48 bits per heavy atom. The van der Waals surface area contributed by atoms with Gasteiger partial charge < -0.3 is 8.74 Å². The van der Waals surface area contributed by atoms with E-state index in [0.29, 0.717) is 16.5 Å². The van der Waals surface area contributed by atoms with Gasteiger partial charge >= 0.3 is 0 Å². The molecule has 3 aromatic carbocycles. The van der Waals surface area contributed by atoms with Crippen molar-refractivity contribution in [2.45, 2.75) is 0 Å². The van der Waals surface area contributed by atoms with Crippen LogP contribution in [0.4, 0.5) is 0 Å². The van der Waals surface area contributed by atoms with Gasteiger partial charge in [-0.2, -0.15) is 0 Å². The summed E-state index contributed by atoms with van der Waals surface area (Å²) in [6.07, 6.45) is 0. The average molecular weight is 327 g/mol. The Bertz CT molecular complexity index is 978. The topological polar surface area (TPSA) is 83.5 Å². The molecular formula is C17H11O5S-. The number of fused-ring (bicyclic) bond motifs is 1. The van der Waals surface area contributed by atoms with Gasteiger partial charge in [0.1, 0.15) is 5.75 Å². The van der Waals surface area contributed by atoms with Crippen molar-refractivity contribution in [1.82, 2.24) is 0 Å². The third-order valence-electron chi connectivity index (χ3n) is 3.31. The Hall–Kier alpha value is -2.70. The lowest BCUT2D eigenvalue weighted by molar-refractivity contribution is 0.103. The van der Waals surface area contributed by atoms with Crippen molar-refractivity contribution in [3.05, 3.63) is 77.9 Å². The molecule has 23 heavy (non-hydrogen) atoms. The van der Waals surface area contributed by atoms with Gasteiger partial charge in [-0.05, 0) is 29.0 Å². The van der Waals surface area contributed by atoms with Gasteiger partial charge in [-0.25, -0.2) is 8.42 Å². The molecule has 0 heterocycles. The monoisotopic (exact) mass is 327 g/mol. The molecule has 3 rings (SSSR count). The standard InChI is InChI=1S/C17H12O5S/c18-17(12-4-2-1-3-5-12)15-7-6-14-11-16(22-23(19,20)21)9-8-13(14)10-15/h1-11H,(H,19,20,21)/p-1. The van der Waals surface area contributed by atoms with Gasteiger partial charge in [0.25, 0.3) is 10.4 Å². The largest absolute Gasteiger partial charge is 0.716 e. The molecule has 0 bridgehead atoms. The maximum absolute atomic E-state index is 12.4. The van der Waals surface area contributed by atoms with E-state index < -0.39 is 10.4 Å². The third-order valence-corrected chi connectivity index (χ3v) is 3.70. The molecule has 0 fully saturated rings. The zero-order valence-electron chi connectivity index (χ0n) is 11.8. The molecule has 6 heteroatoms. The summed E-state index contributed by atoms with van der Waals surface area (Å²) in [6.45, 7) is 0. The van der Waals surface area contributed by atoms with Crippen LogP contribution in [-0.4, -0.2) is 18.8 Å². The summed E-state index contributed by atoms with van der Waals surface area (Å²) >= 11 is 0. The highest BCUT2D eigenvalue weighted by Gasteiger charge is 2.09. The van der Waals surface area contributed by atoms with Crippen LogP contribution < -0.4 is 4.18 Å². The summed E-state index contributed by atoms with van der Waals surface area (Å²) in [4.78, 5) is 12.4. The van der Waals surface area contributed by atoms with Gasteiger partial charge in [-0.1, -0.05) is 48.5 Å². The lowest BCUT2D eigenvalue weighted by Gasteiger charge is -2.10. The fraction of sp³-hybridized carbons (Fsp3) is 0. The smallest absolute Gasteiger partial charge is 0.262 e. The zero-order valence-corrected chi connectivity index (χ0v) is 12.6. The summed E-state index contributed by atoms with van der Waals surface area (Å²) < 4.78 is 36.2. The van der Waals surface area contributed by atoms with Crippen molar-refractivity contribution in [2.24, 2.45) is 0 Å². The lowest BCUT2D eigenvalue weighted by Crippen LogP contribution is -2.06. The summed E-state index contributed by atoms with van der Waals surface area (Å²) in [7, 11) is -4.81. The van der Waals surface area contributed by atoms with Gasteiger partial charge in [0, 0.05) is 11.1 Å². The molecule has 0 saturated heterocycles. The van der Waals surface area contributed by atoms with Crippen LogP contribution in [0.5, 0.6) is 5.75 Å². The van der Waals surface area contributed by atoms with Gasteiger partial charge in [0.15, 0.2) is 5.78 Å². The quantitative estimate of drug-likeness (QED) is 0.418. The molecule has 0 spiro atoms. The second-order valence-electron chi connectivity index (χ2n) is 4.91. The first-order valence-electron chi connectivity index (χ1n) is 6.71. The highest BCUT2D eigenvalue weighted by atomic mass is 32.3. The molecule has 0 saturated carbocycles. The van der Waals surface area contributed by atoms with E-state index in [4.69, 9.17) is 0 Å². The molecule has 0 atom stereocenters. The molecule has 0 aromatic heterocycles. The number of rotatable bonds is 4. The Balaban J connectivity index is 1.97. The van der Waals surface area contributed by atoms with Crippen LogP contribution in [0.25, 0.3) is 10.8 Å². The summed E-state index contributed by atoms with van der Waals surface area (Å²) in [6, 6.07) is 18.3. The van der Waals surface area contributed by atoms with E-state index in [0.717, 1.165) is 5.39 Å². The van der Waals surface area contributed by atoms with Crippen LogP contribution in [0.2, 0.25) is 0 Å². The van der Waals surface area contributed by atoms with E-state index in [-0.39, 0.29) is 11.5 Å². The summed E-state index contributed by atoms with van der Waals surface area (Å²) in [5, 5.41) is 1.40. The third kappa shape index (κ3) is 3.56. The number of carbonyl (C=O) groups excluding carboxylic acids is 1. The number of ketones is 1. The molecule has 0 aliphatic carbocycles. The molecule has 5 nitrogen and oxygen atoms in total. The van der Waals surface area contributed by atoms with Crippen LogP contribution in [0, 0.1) is 0 Å². The second kappa shape index (κ2) is 5.83. The van der Waals surface area contributed by atoms with Crippen molar-refractivity contribution in [1.29, 1.82) is 0 Å². The van der Waals surface area contributed by atoms with E-state index in [1.807, 2.05) is 6.07 Å². The Morgan fingerprint density at radius 1 is 0.826 bits per heavy atom. The minimum absolute atomic E-state index is 0.0605. The fourth-order valence-electron chi connectivity index (χ4n) is 2.29. The predicted octanol–water partition coefficient (Wildman–Crippen LogP) is 2.91. The number of carbonyl (C=O) groups is 1. The van der Waals surface area contributed by atoms with Crippen LogP contribution in [0.3, 0.4) is 0 Å². The fourth-order valence-corrected chi connectivity index (χ4v) is 2.63. The Kier molecular flexibility index (Phi) is 3.85. The Morgan fingerprint density at radius 3 is 2.17 bits per heavy atom. The molecule has 0 N–H and O–H groups in total. The Labute approximate surface area is 133 Å². The van der Waals surface area contributed by atoms with Gasteiger partial charge in [-0.15, -0.1) is 0 Å². The molecule has 0 aliphatic heterocycles. The van der Waals surface area contributed by atoms with E-state index in [9.17, 15) is 17.8 Å². The average Bonchev–Trinajstić information content (AvgIpc) is 2.53. The van der Waals surface area contributed by atoms with Crippen LogP contribution in [0.15, 0.2) is 66.7 Å². The minimum atomic E-state index is -4.81. The molecule has 116 valence electrons. The van der Waals surface area contributed by atoms with Crippen molar-refractivity contribution < 1.29 is 21.9 Å². The summed E-state index contributed by atoms with van der Waals surface area (Å²) in [5.74, 6) is -0.162. The molecule has 0 amide bonds. The van der Waals surface area contributed by atoms with Crippen molar-refractivity contribution in [3.8, 4) is 5.75 Å². The van der Waals surface area contributed by atoms with Gasteiger partial charge in [0.2, 0.25) is 0 Å². The molecular weight excluding hydrogens is 316 g/mol. The highest BCUT2D eigenvalue weighted by Crippen LogP contribution is 2.24. The lowest BCUT2D eigenvalue weighted by atomic mass is 10.00.